The first-order valence-electron chi connectivity index (χ1n) is 8.99. The van der Waals surface area contributed by atoms with Crippen LogP contribution in [0.1, 0.15) is 21.5 Å². The summed E-state index contributed by atoms with van der Waals surface area (Å²) in [6, 6.07) is 16.1. The molecule has 0 atom stereocenters. The molecule has 0 saturated heterocycles. The van der Waals surface area contributed by atoms with Gasteiger partial charge in [0.1, 0.15) is 0 Å². The Bertz CT molecular complexity index is 1060. The molecule has 150 valence electrons. The molecule has 7 heteroatoms. The molecular formula is C22H22N2O5. The summed E-state index contributed by atoms with van der Waals surface area (Å²) in [7, 11) is 3.05. The monoisotopic (exact) mass is 394 g/mol. The number of pyridine rings is 1. The van der Waals surface area contributed by atoms with Gasteiger partial charge in [0, 0.05) is 18.3 Å². The predicted molar refractivity (Wildman–Crippen MR) is 109 cm³/mol. The molecular weight excluding hydrogens is 372 g/mol. The van der Waals surface area contributed by atoms with E-state index in [2.05, 4.69) is 5.32 Å². The van der Waals surface area contributed by atoms with Gasteiger partial charge in [-0.15, -0.1) is 0 Å². The van der Waals surface area contributed by atoms with Crippen molar-refractivity contribution >= 4 is 5.91 Å². The molecule has 1 heterocycles. The van der Waals surface area contributed by atoms with Crippen LogP contribution in [0.25, 0.3) is 0 Å². The van der Waals surface area contributed by atoms with Gasteiger partial charge in [0.05, 0.1) is 26.3 Å². The van der Waals surface area contributed by atoms with Crippen molar-refractivity contribution in [3.63, 3.8) is 0 Å². The van der Waals surface area contributed by atoms with Gasteiger partial charge < -0.3 is 24.5 Å². The average molecular weight is 394 g/mol. The van der Waals surface area contributed by atoms with Gasteiger partial charge in [-0.05, 0) is 17.7 Å². The molecule has 0 unspecified atom stereocenters. The highest BCUT2D eigenvalue weighted by atomic mass is 16.5. The van der Waals surface area contributed by atoms with Gasteiger partial charge in [-0.3, -0.25) is 9.59 Å². The third-order valence-electron chi connectivity index (χ3n) is 4.50. The van der Waals surface area contributed by atoms with E-state index in [9.17, 15) is 14.7 Å². The Morgan fingerprint density at radius 3 is 2.48 bits per heavy atom. The second-order valence-corrected chi connectivity index (χ2v) is 6.33. The molecule has 0 radical (unpaired) electrons. The van der Waals surface area contributed by atoms with Crippen molar-refractivity contribution in [2.24, 2.45) is 0 Å². The minimum absolute atomic E-state index is 0.0822. The fraction of sp³-hybridized carbons (Fsp3) is 0.182. The van der Waals surface area contributed by atoms with E-state index in [1.54, 1.807) is 18.2 Å². The van der Waals surface area contributed by atoms with Crippen molar-refractivity contribution in [2.45, 2.75) is 13.1 Å². The Morgan fingerprint density at radius 2 is 1.79 bits per heavy atom. The van der Waals surface area contributed by atoms with Crippen molar-refractivity contribution in [1.29, 1.82) is 0 Å². The first-order valence-corrected chi connectivity index (χ1v) is 8.99. The lowest BCUT2D eigenvalue weighted by atomic mass is 10.1. The third kappa shape index (κ3) is 4.40. The zero-order valence-corrected chi connectivity index (χ0v) is 16.2. The molecule has 1 amide bonds. The minimum Gasteiger partial charge on any atom is -0.502 e. The third-order valence-corrected chi connectivity index (χ3v) is 4.50. The zero-order valence-electron chi connectivity index (χ0n) is 16.2. The summed E-state index contributed by atoms with van der Waals surface area (Å²) < 4.78 is 11.9. The number of nitrogens with one attached hydrogen (secondary N) is 1. The van der Waals surface area contributed by atoms with Crippen LogP contribution in [-0.4, -0.2) is 29.8 Å². The van der Waals surface area contributed by atoms with Crippen LogP contribution >= 0.6 is 0 Å². The number of benzene rings is 2. The average Bonchev–Trinajstić information content (AvgIpc) is 2.75. The number of aromatic nitrogens is 1. The normalized spacial score (nSPS) is 10.4. The minimum atomic E-state index is -0.625. The summed E-state index contributed by atoms with van der Waals surface area (Å²) >= 11 is 0. The van der Waals surface area contributed by atoms with Crippen molar-refractivity contribution in [1.82, 2.24) is 9.88 Å². The van der Waals surface area contributed by atoms with Gasteiger partial charge in [0.25, 0.3) is 11.5 Å². The molecule has 0 spiro atoms. The number of aromatic hydroxyl groups is 1. The van der Waals surface area contributed by atoms with Gasteiger partial charge in [-0.25, -0.2) is 0 Å². The molecule has 0 aliphatic rings. The van der Waals surface area contributed by atoms with Crippen LogP contribution in [0, 0.1) is 0 Å². The molecule has 3 rings (SSSR count). The van der Waals surface area contributed by atoms with Crippen LogP contribution in [0.3, 0.4) is 0 Å². The molecule has 0 aliphatic carbocycles. The first kappa shape index (κ1) is 20.0. The van der Waals surface area contributed by atoms with Gasteiger partial charge in [0.2, 0.25) is 0 Å². The standard InChI is InChI=1S/C22H22N2O5/c1-28-18-10-6-9-16(20(18)29-2)13-23-21(26)17-11-12-24(22(27)19(17)25)14-15-7-4-3-5-8-15/h3-12,25H,13-14H2,1-2H3,(H,23,26). The highest BCUT2D eigenvalue weighted by molar-refractivity contribution is 5.96. The highest BCUT2D eigenvalue weighted by Crippen LogP contribution is 2.30. The number of para-hydroxylation sites is 1. The van der Waals surface area contributed by atoms with Gasteiger partial charge >= 0.3 is 0 Å². The number of hydrogen-bond acceptors (Lipinski definition) is 5. The smallest absolute Gasteiger partial charge is 0.293 e. The van der Waals surface area contributed by atoms with Crippen LogP contribution in [0.2, 0.25) is 0 Å². The van der Waals surface area contributed by atoms with Crippen LogP contribution in [0.15, 0.2) is 65.6 Å². The second-order valence-electron chi connectivity index (χ2n) is 6.33. The van der Waals surface area contributed by atoms with E-state index >= 15 is 0 Å². The maximum atomic E-state index is 12.5. The zero-order chi connectivity index (χ0) is 20.8. The van der Waals surface area contributed by atoms with Crippen molar-refractivity contribution in [3.8, 4) is 17.2 Å². The molecule has 1 aromatic heterocycles. The van der Waals surface area contributed by atoms with Crippen molar-refractivity contribution in [2.75, 3.05) is 14.2 Å². The van der Waals surface area contributed by atoms with Crippen LogP contribution in [0.4, 0.5) is 0 Å². The molecule has 2 aromatic carbocycles. The maximum Gasteiger partial charge on any atom is 0.293 e. The van der Waals surface area contributed by atoms with Crippen LogP contribution in [-0.2, 0) is 13.1 Å². The fourth-order valence-corrected chi connectivity index (χ4v) is 3.01. The highest BCUT2D eigenvalue weighted by Gasteiger charge is 2.17. The Kier molecular flexibility index (Phi) is 6.19. The van der Waals surface area contributed by atoms with Crippen LogP contribution in [0.5, 0.6) is 17.2 Å². The molecule has 3 aromatic rings. The van der Waals surface area contributed by atoms with Gasteiger partial charge in [-0.2, -0.15) is 0 Å². The Hall–Kier alpha value is -3.74. The number of methoxy groups -OCH3 is 2. The van der Waals surface area contributed by atoms with E-state index in [0.29, 0.717) is 23.6 Å². The number of carbonyl (C=O) groups is 1. The number of ether oxygens (including phenoxy) is 2. The Labute approximate surface area is 168 Å². The lowest BCUT2D eigenvalue weighted by Gasteiger charge is -2.14. The summed E-state index contributed by atoms with van der Waals surface area (Å²) in [6.07, 6.45) is 1.50. The Morgan fingerprint density at radius 1 is 1.03 bits per heavy atom. The Balaban J connectivity index is 1.77. The molecule has 29 heavy (non-hydrogen) atoms. The van der Waals surface area contributed by atoms with Crippen molar-refractivity contribution in [3.05, 3.63) is 87.8 Å². The molecule has 7 nitrogen and oxygen atoms in total. The van der Waals surface area contributed by atoms with Crippen molar-refractivity contribution < 1.29 is 19.4 Å². The van der Waals surface area contributed by atoms with E-state index in [-0.39, 0.29) is 12.1 Å². The summed E-state index contributed by atoms with van der Waals surface area (Å²) in [5, 5.41) is 13.0. The summed E-state index contributed by atoms with van der Waals surface area (Å²) in [5.41, 5.74) is 0.912. The van der Waals surface area contributed by atoms with E-state index in [4.69, 9.17) is 9.47 Å². The summed E-state index contributed by atoms with van der Waals surface area (Å²) in [4.78, 5) is 25.0. The van der Waals surface area contributed by atoms with E-state index < -0.39 is 17.2 Å². The number of rotatable bonds is 7. The SMILES string of the molecule is COc1cccc(CNC(=O)c2ccn(Cc3ccccc3)c(=O)c2O)c1OC. The fourth-order valence-electron chi connectivity index (χ4n) is 3.01. The van der Waals surface area contributed by atoms with E-state index in [1.807, 2.05) is 30.3 Å². The predicted octanol–water partition coefficient (Wildman–Crippen LogP) is 2.55. The molecule has 2 N–H and O–H groups in total. The number of carbonyl (C=O) groups excluding carboxylic acids is 1. The van der Waals surface area contributed by atoms with E-state index in [1.165, 1.54) is 31.0 Å². The quantitative estimate of drug-likeness (QED) is 0.643. The number of nitrogens with zero attached hydrogens (tertiary/aromatic N) is 1. The number of hydrogen-bond donors (Lipinski definition) is 2. The van der Waals surface area contributed by atoms with E-state index in [0.717, 1.165) is 5.56 Å². The first-order chi connectivity index (χ1) is 14.0. The molecule has 0 fully saturated rings. The lowest BCUT2D eigenvalue weighted by Crippen LogP contribution is -2.27. The molecule has 0 saturated carbocycles. The van der Waals surface area contributed by atoms with Gasteiger partial charge in [0.15, 0.2) is 17.2 Å². The summed E-state index contributed by atoms with van der Waals surface area (Å²) in [6.45, 7) is 0.446. The lowest BCUT2D eigenvalue weighted by molar-refractivity contribution is 0.0947. The maximum absolute atomic E-state index is 12.5. The summed E-state index contributed by atoms with van der Waals surface area (Å²) in [5.74, 6) is -0.0849. The topological polar surface area (TPSA) is 89.8 Å². The van der Waals surface area contributed by atoms with Crippen LogP contribution < -0.4 is 20.3 Å². The second kappa shape index (κ2) is 8.97. The molecule has 0 aliphatic heterocycles. The number of amides is 1. The largest absolute Gasteiger partial charge is 0.502 e. The van der Waals surface area contributed by atoms with Gasteiger partial charge in [-0.1, -0.05) is 42.5 Å². The molecule has 0 bridgehead atoms.